The summed E-state index contributed by atoms with van der Waals surface area (Å²) in [5, 5.41) is 3.15. The zero-order valence-corrected chi connectivity index (χ0v) is 13.6. The fraction of sp³-hybridized carbons (Fsp3) is 0.625. The molecule has 1 aromatic heterocycles. The molecule has 0 saturated heterocycles. The first-order valence-corrected chi connectivity index (χ1v) is 7.68. The number of carbonyl (C=O) groups excluding carboxylic acids is 1. The van der Waals surface area contributed by atoms with Crippen LogP contribution in [0, 0.1) is 0 Å². The number of nitrogens with zero attached hydrogens (tertiary/aromatic N) is 2. The predicted molar refractivity (Wildman–Crippen MR) is 85.7 cm³/mol. The van der Waals surface area contributed by atoms with Crippen molar-refractivity contribution in [2.24, 2.45) is 0 Å². The van der Waals surface area contributed by atoms with Crippen LogP contribution in [0.3, 0.4) is 0 Å². The lowest BCUT2D eigenvalue weighted by Gasteiger charge is -2.31. The molecule has 5 heteroatoms. The second-order valence-electron chi connectivity index (χ2n) is 4.89. The summed E-state index contributed by atoms with van der Waals surface area (Å²) >= 11 is 0. The van der Waals surface area contributed by atoms with Crippen molar-refractivity contribution in [3.8, 4) is 0 Å². The van der Waals surface area contributed by atoms with Crippen LogP contribution in [-0.2, 0) is 4.74 Å². The van der Waals surface area contributed by atoms with Crippen molar-refractivity contribution in [3.63, 3.8) is 0 Å². The molecule has 1 rings (SSSR count). The maximum Gasteiger partial charge on any atom is 0.257 e. The number of rotatable bonds is 9. The Morgan fingerprint density at radius 1 is 1.38 bits per heavy atom. The first kappa shape index (κ1) is 17.4. The number of anilines is 1. The van der Waals surface area contributed by atoms with E-state index in [0.717, 1.165) is 19.4 Å². The minimum absolute atomic E-state index is 0.0183. The minimum Gasteiger partial charge on any atom is -0.383 e. The first-order chi connectivity index (χ1) is 10.2. The second-order valence-corrected chi connectivity index (χ2v) is 4.89. The molecule has 1 N–H and O–H groups in total. The van der Waals surface area contributed by atoms with Crippen LogP contribution in [0.2, 0.25) is 0 Å². The second kappa shape index (κ2) is 9.34. The highest BCUT2D eigenvalue weighted by molar-refractivity contribution is 5.98. The molecule has 0 saturated carbocycles. The van der Waals surface area contributed by atoms with Gasteiger partial charge in [0.1, 0.15) is 5.82 Å². The van der Waals surface area contributed by atoms with E-state index >= 15 is 0 Å². The number of hydrogen-bond acceptors (Lipinski definition) is 4. The zero-order valence-electron chi connectivity index (χ0n) is 13.6. The van der Waals surface area contributed by atoms with E-state index in [1.54, 1.807) is 19.4 Å². The lowest BCUT2D eigenvalue weighted by atomic mass is 10.1. The van der Waals surface area contributed by atoms with E-state index < -0.39 is 0 Å². The summed E-state index contributed by atoms with van der Waals surface area (Å²) in [4.78, 5) is 19.1. The van der Waals surface area contributed by atoms with E-state index in [1.165, 1.54) is 0 Å². The van der Waals surface area contributed by atoms with Gasteiger partial charge in [0.2, 0.25) is 0 Å². The van der Waals surface area contributed by atoms with Crippen molar-refractivity contribution in [2.75, 3.05) is 32.1 Å². The molecule has 1 amide bonds. The Kier molecular flexibility index (Phi) is 7.75. The fourth-order valence-corrected chi connectivity index (χ4v) is 2.41. The van der Waals surface area contributed by atoms with Crippen LogP contribution in [0.5, 0.6) is 0 Å². The number of pyridine rings is 1. The molecule has 1 aromatic rings. The minimum atomic E-state index is 0.0183. The molecule has 0 aliphatic heterocycles. The highest BCUT2D eigenvalue weighted by atomic mass is 16.5. The predicted octanol–water partition coefficient (Wildman–Crippen LogP) is 2.79. The van der Waals surface area contributed by atoms with Crippen molar-refractivity contribution in [3.05, 3.63) is 23.9 Å². The maximum atomic E-state index is 12.9. The molecular weight excluding hydrogens is 266 g/mol. The summed E-state index contributed by atoms with van der Waals surface area (Å²) in [6, 6.07) is 3.85. The van der Waals surface area contributed by atoms with Gasteiger partial charge in [0.05, 0.1) is 12.2 Å². The number of amides is 1. The quantitative estimate of drug-likeness (QED) is 0.760. The molecule has 21 heavy (non-hydrogen) atoms. The average molecular weight is 293 g/mol. The van der Waals surface area contributed by atoms with Crippen LogP contribution in [0.1, 0.15) is 44.0 Å². The number of carbonyl (C=O) groups is 1. The number of ether oxygens (including phenoxy) is 1. The highest BCUT2D eigenvalue weighted by Gasteiger charge is 2.24. The summed E-state index contributed by atoms with van der Waals surface area (Å²) < 4.78 is 5.15. The van der Waals surface area contributed by atoms with Crippen LogP contribution in [-0.4, -0.2) is 48.6 Å². The normalized spacial score (nSPS) is 10.7. The smallest absolute Gasteiger partial charge is 0.257 e. The van der Waals surface area contributed by atoms with Gasteiger partial charge < -0.3 is 15.0 Å². The molecule has 5 nitrogen and oxygen atoms in total. The van der Waals surface area contributed by atoms with E-state index in [2.05, 4.69) is 24.1 Å². The Hall–Kier alpha value is -1.62. The third kappa shape index (κ3) is 4.70. The van der Waals surface area contributed by atoms with Crippen molar-refractivity contribution in [1.82, 2.24) is 9.88 Å². The number of aromatic nitrogens is 1. The van der Waals surface area contributed by atoms with Gasteiger partial charge in [-0.15, -0.1) is 0 Å². The van der Waals surface area contributed by atoms with Gasteiger partial charge in [-0.2, -0.15) is 0 Å². The molecule has 0 atom stereocenters. The van der Waals surface area contributed by atoms with Crippen LogP contribution in [0.4, 0.5) is 5.82 Å². The van der Waals surface area contributed by atoms with Gasteiger partial charge in [-0.3, -0.25) is 4.79 Å². The topological polar surface area (TPSA) is 54.5 Å². The summed E-state index contributed by atoms with van der Waals surface area (Å²) in [5.74, 6) is 0.670. The standard InChI is InChI=1S/C16H27N3O2/c1-5-13(6-2)19(11-12-21-4)16(20)14-9-8-10-18-15(14)17-7-3/h8-10,13H,5-7,11-12H2,1-4H3,(H,17,18). The monoisotopic (exact) mass is 293 g/mol. The van der Waals surface area contributed by atoms with Gasteiger partial charge in [-0.1, -0.05) is 13.8 Å². The zero-order chi connectivity index (χ0) is 15.7. The Morgan fingerprint density at radius 3 is 2.67 bits per heavy atom. The molecule has 0 aliphatic carbocycles. The lowest BCUT2D eigenvalue weighted by Crippen LogP contribution is -2.42. The third-order valence-electron chi connectivity index (χ3n) is 3.56. The number of nitrogens with one attached hydrogen (secondary N) is 1. The molecule has 0 unspecified atom stereocenters. The Bertz CT molecular complexity index is 433. The molecule has 0 radical (unpaired) electrons. The van der Waals surface area contributed by atoms with Crippen LogP contribution in [0.15, 0.2) is 18.3 Å². The van der Waals surface area contributed by atoms with Gasteiger partial charge in [0.15, 0.2) is 0 Å². The van der Waals surface area contributed by atoms with Gasteiger partial charge >= 0.3 is 0 Å². The van der Waals surface area contributed by atoms with E-state index in [9.17, 15) is 4.79 Å². The Morgan fingerprint density at radius 2 is 2.10 bits per heavy atom. The van der Waals surface area contributed by atoms with E-state index in [1.807, 2.05) is 17.9 Å². The van der Waals surface area contributed by atoms with Crippen molar-refractivity contribution >= 4 is 11.7 Å². The lowest BCUT2D eigenvalue weighted by molar-refractivity contribution is 0.0590. The molecular formula is C16H27N3O2. The summed E-state index contributed by atoms with van der Waals surface area (Å²) in [7, 11) is 1.66. The molecule has 0 spiro atoms. The van der Waals surface area contributed by atoms with Crippen LogP contribution < -0.4 is 5.32 Å². The van der Waals surface area contributed by atoms with Crippen molar-refractivity contribution < 1.29 is 9.53 Å². The van der Waals surface area contributed by atoms with Gasteiger partial charge in [0, 0.05) is 32.4 Å². The van der Waals surface area contributed by atoms with Crippen molar-refractivity contribution in [1.29, 1.82) is 0 Å². The largest absolute Gasteiger partial charge is 0.383 e. The van der Waals surface area contributed by atoms with Gasteiger partial charge in [0.25, 0.3) is 5.91 Å². The molecule has 1 heterocycles. The molecule has 0 aliphatic rings. The summed E-state index contributed by atoms with van der Waals surface area (Å²) in [6.07, 6.45) is 3.57. The van der Waals surface area contributed by atoms with E-state index in [4.69, 9.17) is 4.74 Å². The Labute approximate surface area is 127 Å². The van der Waals surface area contributed by atoms with E-state index in [0.29, 0.717) is 24.5 Å². The Balaban J connectivity index is 3.03. The average Bonchev–Trinajstić information content (AvgIpc) is 2.52. The number of methoxy groups -OCH3 is 1. The maximum absolute atomic E-state index is 12.9. The summed E-state index contributed by atoms with van der Waals surface area (Å²) in [5.41, 5.74) is 0.627. The first-order valence-electron chi connectivity index (χ1n) is 7.68. The highest BCUT2D eigenvalue weighted by Crippen LogP contribution is 2.18. The molecule has 0 aromatic carbocycles. The van der Waals surface area contributed by atoms with Crippen LogP contribution in [0.25, 0.3) is 0 Å². The SMILES string of the molecule is CCNc1ncccc1C(=O)N(CCOC)C(CC)CC. The van der Waals surface area contributed by atoms with Gasteiger partial charge in [-0.05, 0) is 31.9 Å². The molecule has 0 fully saturated rings. The molecule has 118 valence electrons. The molecule has 0 bridgehead atoms. The van der Waals surface area contributed by atoms with E-state index in [-0.39, 0.29) is 11.9 Å². The van der Waals surface area contributed by atoms with Crippen molar-refractivity contribution in [2.45, 2.75) is 39.7 Å². The summed E-state index contributed by atoms with van der Waals surface area (Å²) in [6.45, 7) is 8.08. The third-order valence-corrected chi connectivity index (χ3v) is 3.56. The van der Waals surface area contributed by atoms with Gasteiger partial charge in [-0.25, -0.2) is 4.98 Å². The van der Waals surface area contributed by atoms with Crippen LogP contribution >= 0.6 is 0 Å². The fourth-order valence-electron chi connectivity index (χ4n) is 2.41. The number of hydrogen-bond donors (Lipinski definition) is 1.